The van der Waals surface area contributed by atoms with Gasteiger partial charge in [0.05, 0.1) is 10.6 Å². The molecule has 0 aliphatic heterocycles. The number of hydrogen-bond acceptors (Lipinski definition) is 5. The topological polar surface area (TPSA) is 84.4 Å². The maximum atomic E-state index is 12.5. The van der Waals surface area contributed by atoms with Crippen LogP contribution in [0.25, 0.3) is 0 Å². The third kappa shape index (κ3) is 4.57. The Bertz CT molecular complexity index is 479. The summed E-state index contributed by atoms with van der Waals surface area (Å²) in [5.74, 6) is 5.18. The molecule has 0 saturated heterocycles. The van der Waals surface area contributed by atoms with Crippen LogP contribution in [0.5, 0.6) is 0 Å². The molecule has 3 N–H and O–H groups in total. The van der Waals surface area contributed by atoms with Gasteiger partial charge in [0, 0.05) is 24.4 Å². The first-order valence-electron chi connectivity index (χ1n) is 5.84. The van der Waals surface area contributed by atoms with E-state index < -0.39 is 17.6 Å². The molecule has 0 bridgehead atoms. The van der Waals surface area contributed by atoms with Gasteiger partial charge in [-0.05, 0) is 12.5 Å². The summed E-state index contributed by atoms with van der Waals surface area (Å²) >= 11 is 0. The monoisotopic (exact) mass is 292 g/mol. The summed E-state index contributed by atoms with van der Waals surface area (Å²) < 4.78 is 37.6. The standard InChI is InChI=1S/C11H15F3N4O2/c1-2-3-17(7-11(12,13)14)9-4-8(16-15)5-10(6-9)18(19)20/h4-6,16H,2-3,7,15H2,1H3. The molecule has 0 saturated carbocycles. The van der Waals surface area contributed by atoms with E-state index in [1.54, 1.807) is 6.92 Å². The first-order valence-corrected chi connectivity index (χ1v) is 5.84. The Morgan fingerprint density at radius 1 is 1.40 bits per heavy atom. The van der Waals surface area contributed by atoms with E-state index in [2.05, 4.69) is 5.43 Å². The summed E-state index contributed by atoms with van der Waals surface area (Å²) in [5, 5.41) is 10.8. The van der Waals surface area contributed by atoms with Crippen molar-refractivity contribution in [3.8, 4) is 0 Å². The molecule has 9 heteroatoms. The average Bonchev–Trinajstić information content (AvgIpc) is 2.36. The first-order chi connectivity index (χ1) is 9.26. The van der Waals surface area contributed by atoms with Crippen LogP contribution in [-0.4, -0.2) is 24.2 Å². The lowest BCUT2D eigenvalue weighted by molar-refractivity contribution is -0.384. The van der Waals surface area contributed by atoms with E-state index in [4.69, 9.17) is 5.84 Å². The van der Waals surface area contributed by atoms with Crippen LogP contribution in [0, 0.1) is 10.1 Å². The molecule has 0 aliphatic rings. The predicted octanol–water partition coefficient (Wildman–Crippen LogP) is 2.66. The number of anilines is 2. The van der Waals surface area contributed by atoms with E-state index in [1.807, 2.05) is 0 Å². The number of nitrogens with two attached hydrogens (primary N) is 1. The highest BCUT2D eigenvalue weighted by Gasteiger charge is 2.31. The molecule has 0 heterocycles. The Morgan fingerprint density at radius 3 is 2.50 bits per heavy atom. The Labute approximate surface area is 113 Å². The smallest absolute Gasteiger partial charge is 0.362 e. The summed E-state index contributed by atoms with van der Waals surface area (Å²) in [4.78, 5) is 11.1. The van der Waals surface area contributed by atoms with Gasteiger partial charge in [0.15, 0.2) is 0 Å². The summed E-state index contributed by atoms with van der Waals surface area (Å²) in [6.07, 6.45) is -3.92. The SMILES string of the molecule is CCCN(CC(F)(F)F)c1cc(NN)cc([N+](=O)[O-])c1. The second-order valence-corrected chi connectivity index (χ2v) is 4.18. The zero-order valence-electron chi connectivity index (χ0n) is 10.8. The molecule has 0 fully saturated rings. The van der Waals surface area contributed by atoms with Gasteiger partial charge in [-0.1, -0.05) is 6.92 Å². The lowest BCUT2D eigenvalue weighted by Gasteiger charge is -2.25. The van der Waals surface area contributed by atoms with Gasteiger partial charge in [0.25, 0.3) is 5.69 Å². The van der Waals surface area contributed by atoms with Crippen LogP contribution < -0.4 is 16.2 Å². The zero-order chi connectivity index (χ0) is 15.3. The van der Waals surface area contributed by atoms with E-state index in [1.165, 1.54) is 6.07 Å². The number of non-ortho nitro benzene ring substituents is 1. The van der Waals surface area contributed by atoms with Crippen LogP contribution in [0.4, 0.5) is 30.2 Å². The Morgan fingerprint density at radius 2 is 2.05 bits per heavy atom. The maximum absolute atomic E-state index is 12.5. The highest BCUT2D eigenvalue weighted by atomic mass is 19.4. The summed E-state index contributed by atoms with van der Waals surface area (Å²) in [6.45, 7) is 0.680. The number of nitrogens with zero attached hydrogens (tertiary/aromatic N) is 2. The van der Waals surface area contributed by atoms with Crippen molar-refractivity contribution in [3.05, 3.63) is 28.3 Å². The normalized spacial score (nSPS) is 11.2. The second kappa shape index (κ2) is 6.42. The number of halogens is 3. The third-order valence-corrected chi connectivity index (χ3v) is 2.51. The lowest BCUT2D eigenvalue weighted by Crippen LogP contribution is -2.35. The largest absolute Gasteiger partial charge is 0.405 e. The molecule has 0 spiro atoms. The minimum atomic E-state index is -4.39. The number of benzene rings is 1. The lowest BCUT2D eigenvalue weighted by atomic mass is 10.2. The van der Waals surface area contributed by atoms with E-state index >= 15 is 0 Å². The van der Waals surface area contributed by atoms with E-state index in [0.717, 1.165) is 17.0 Å². The molecule has 0 atom stereocenters. The summed E-state index contributed by atoms with van der Waals surface area (Å²) in [5.41, 5.74) is 2.17. The molecule has 1 aromatic carbocycles. The molecule has 112 valence electrons. The molecule has 1 aromatic rings. The van der Waals surface area contributed by atoms with Gasteiger partial charge in [0.1, 0.15) is 6.54 Å². The van der Waals surface area contributed by atoms with Crippen molar-refractivity contribution in [1.82, 2.24) is 0 Å². The summed E-state index contributed by atoms with van der Waals surface area (Å²) in [7, 11) is 0. The Balaban J connectivity index is 3.17. The molecule has 0 radical (unpaired) electrons. The molecule has 0 aromatic heterocycles. The molecule has 0 aliphatic carbocycles. The van der Waals surface area contributed by atoms with Crippen LogP contribution in [0.15, 0.2) is 18.2 Å². The van der Waals surface area contributed by atoms with Gasteiger partial charge in [-0.15, -0.1) is 0 Å². The highest BCUT2D eigenvalue weighted by Crippen LogP contribution is 2.29. The van der Waals surface area contributed by atoms with Crippen LogP contribution in [0.1, 0.15) is 13.3 Å². The van der Waals surface area contributed by atoms with Crippen molar-refractivity contribution in [2.24, 2.45) is 5.84 Å². The number of alkyl halides is 3. The van der Waals surface area contributed by atoms with Gasteiger partial charge in [-0.3, -0.25) is 16.0 Å². The van der Waals surface area contributed by atoms with Crippen molar-refractivity contribution in [3.63, 3.8) is 0 Å². The van der Waals surface area contributed by atoms with Crippen molar-refractivity contribution in [2.75, 3.05) is 23.4 Å². The fourth-order valence-corrected chi connectivity index (χ4v) is 1.75. The van der Waals surface area contributed by atoms with Crippen molar-refractivity contribution >= 4 is 17.1 Å². The highest BCUT2D eigenvalue weighted by molar-refractivity contribution is 5.64. The molecular weight excluding hydrogens is 277 g/mol. The van der Waals surface area contributed by atoms with E-state index in [-0.39, 0.29) is 23.6 Å². The number of nitro groups is 1. The molecule has 6 nitrogen and oxygen atoms in total. The van der Waals surface area contributed by atoms with E-state index in [0.29, 0.717) is 6.42 Å². The van der Waals surface area contributed by atoms with Gasteiger partial charge in [-0.25, -0.2) is 0 Å². The molecular formula is C11H15F3N4O2. The second-order valence-electron chi connectivity index (χ2n) is 4.18. The maximum Gasteiger partial charge on any atom is 0.405 e. The molecule has 1 rings (SSSR count). The first kappa shape index (κ1) is 16.0. The molecule has 0 amide bonds. The Kier molecular flexibility index (Phi) is 5.14. The summed E-state index contributed by atoms with van der Waals surface area (Å²) in [6, 6.07) is 3.60. The quantitative estimate of drug-likeness (QED) is 0.478. The predicted molar refractivity (Wildman–Crippen MR) is 69.5 cm³/mol. The minimum absolute atomic E-state index is 0.103. The fraction of sp³-hybridized carbons (Fsp3) is 0.455. The van der Waals surface area contributed by atoms with Gasteiger partial charge < -0.3 is 10.3 Å². The van der Waals surface area contributed by atoms with Gasteiger partial charge >= 0.3 is 6.18 Å². The van der Waals surface area contributed by atoms with Gasteiger partial charge in [0.2, 0.25) is 0 Å². The van der Waals surface area contributed by atoms with Crippen LogP contribution in [-0.2, 0) is 0 Å². The molecule has 0 unspecified atom stereocenters. The average molecular weight is 292 g/mol. The van der Waals surface area contributed by atoms with Crippen LogP contribution in [0.2, 0.25) is 0 Å². The zero-order valence-corrected chi connectivity index (χ0v) is 10.8. The van der Waals surface area contributed by atoms with Crippen LogP contribution >= 0.6 is 0 Å². The number of rotatable bonds is 6. The number of nitrogen functional groups attached to an aromatic ring is 1. The van der Waals surface area contributed by atoms with Crippen molar-refractivity contribution < 1.29 is 18.1 Å². The van der Waals surface area contributed by atoms with Crippen molar-refractivity contribution in [1.29, 1.82) is 0 Å². The van der Waals surface area contributed by atoms with E-state index in [9.17, 15) is 23.3 Å². The van der Waals surface area contributed by atoms with Crippen LogP contribution in [0.3, 0.4) is 0 Å². The number of hydrogen-bond donors (Lipinski definition) is 2. The number of hydrazine groups is 1. The Hall–Kier alpha value is -2.03. The van der Waals surface area contributed by atoms with Crippen molar-refractivity contribution in [2.45, 2.75) is 19.5 Å². The molecule has 20 heavy (non-hydrogen) atoms. The number of nitro benzene ring substituents is 1. The third-order valence-electron chi connectivity index (χ3n) is 2.51. The van der Waals surface area contributed by atoms with Gasteiger partial charge in [-0.2, -0.15) is 13.2 Å². The minimum Gasteiger partial charge on any atom is -0.362 e. The fourth-order valence-electron chi connectivity index (χ4n) is 1.75. The number of nitrogens with one attached hydrogen (secondary N) is 1.